The summed E-state index contributed by atoms with van der Waals surface area (Å²) >= 11 is 5.82. The molecule has 2 atom stereocenters. The molecule has 3 nitrogen and oxygen atoms in total. The molecule has 1 aliphatic heterocycles. The maximum absolute atomic E-state index is 11.3. The fraction of sp³-hybridized carbons (Fsp3) is 0.875. The van der Waals surface area contributed by atoms with Crippen molar-refractivity contribution in [3.8, 4) is 0 Å². The fourth-order valence-electron chi connectivity index (χ4n) is 1.49. The number of rotatable bonds is 3. The van der Waals surface area contributed by atoms with Crippen molar-refractivity contribution in [3.05, 3.63) is 0 Å². The third-order valence-corrected chi connectivity index (χ3v) is 2.53. The Morgan fingerprint density at radius 2 is 2.50 bits per heavy atom. The van der Waals surface area contributed by atoms with Crippen LogP contribution in [-0.2, 0) is 4.79 Å². The minimum Gasteiger partial charge on any atom is -0.394 e. The fourth-order valence-corrected chi connectivity index (χ4v) is 1.77. The second-order valence-electron chi connectivity index (χ2n) is 3.09. The summed E-state index contributed by atoms with van der Waals surface area (Å²) in [7, 11) is 0. The van der Waals surface area contributed by atoms with Crippen LogP contribution in [0.5, 0.6) is 0 Å². The molecular weight excluding hydrogens is 178 g/mol. The van der Waals surface area contributed by atoms with Crippen LogP contribution >= 0.6 is 11.6 Å². The van der Waals surface area contributed by atoms with Crippen LogP contribution in [0.25, 0.3) is 0 Å². The van der Waals surface area contributed by atoms with E-state index in [1.807, 2.05) is 6.92 Å². The number of aliphatic hydroxyl groups is 1. The molecule has 0 aromatic carbocycles. The number of amides is 1. The Labute approximate surface area is 77.3 Å². The molecule has 1 heterocycles. The molecule has 1 N–H and O–H groups in total. The standard InChI is InChI=1S/C8H14ClNO2/c1-2-7(5-11)10-4-6(9)3-8(10)12/h6-7,11H,2-5H2,1H3/t6?,7-/m0/s1. The first-order valence-electron chi connectivity index (χ1n) is 4.23. The second-order valence-corrected chi connectivity index (χ2v) is 3.71. The van der Waals surface area contributed by atoms with Crippen molar-refractivity contribution in [2.24, 2.45) is 0 Å². The summed E-state index contributed by atoms with van der Waals surface area (Å²) in [4.78, 5) is 13.0. The Bertz CT molecular complexity index is 170. The summed E-state index contributed by atoms with van der Waals surface area (Å²) in [6.45, 7) is 2.57. The number of alkyl halides is 1. The normalized spacial score (nSPS) is 26.4. The van der Waals surface area contributed by atoms with E-state index in [0.717, 1.165) is 6.42 Å². The summed E-state index contributed by atoms with van der Waals surface area (Å²) in [6.07, 6.45) is 1.20. The number of halogens is 1. The SMILES string of the molecule is CC[C@@H](CO)N1CC(Cl)CC1=O. The van der Waals surface area contributed by atoms with Crippen molar-refractivity contribution < 1.29 is 9.90 Å². The molecule has 0 bridgehead atoms. The molecule has 12 heavy (non-hydrogen) atoms. The number of aliphatic hydroxyl groups excluding tert-OH is 1. The zero-order valence-corrected chi connectivity index (χ0v) is 7.92. The van der Waals surface area contributed by atoms with Gasteiger partial charge in [-0.1, -0.05) is 6.92 Å². The van der Waals surface area contributed by atoms with Gasteiger partial charge in [0, 0.05) is 13.0 Å². The molecule has 1 aliphatic rings. The summed E-state index contributed by atoms with van der Waals surface area (Å²) in [5, 5.41) is 8.88. The van der Waals surface area contributed by atoms with Crippen molar-refractivity contribution in [2.75, 3.05) is 13.2 Å². The summed E-state index contributed by atoms with van der Waals surface area (Å²) in [5.74, 6) is 0.0656. The lowest BCUT2D eigenvalue weighted by molar-refractivity contribution is -0.130. The quantitative estimate of drug-likeness (QED) is 0.664. The van der Waals surface area contributed by atoms with Crippen molar-refractivity contribution in [1.82, 2.24) is 4.90 Å². The van der Waals surface area contributed by atoms with Crippen LogP contribution in [0.3, 0.4) is 0 Å². The third kappa shape index (κ3) is 1.90. The van der Waals surface area contributed by atoms with E-state index < -0.39 is 0 Å². The Kier molecular flexibility index (Phi) is 3.35. The Hall–Kier alpha value is -0.280. The molecule has 1 saturated heterocycles. The van der Waals surface area contributed by atoms with Crippen LogP contribution in [0.15, 0.2) is 0 Å². The van der Waals surface area contributed by atoms with E-state index >= 15 is 0 Å². The number of hydrogen-bond donors (Lipinski definition) is 1. The van der Waals surface area contributed by atoms with Crippen molar-refractivity contribution in [3.63, 3.8) is 0 Å². The minimum atomic E-state index is -0.0712. The molecule has 1 unspecified atom stereocenters. The van der Waals surface area contributed by atoms with Gasteiger partial charge >= 0.3 is 0 Å². The zero-order chi connectivity index (χ0) is 9.14. The van der Waals surface area contributed by atoms with Gasteiger partial charge in [0.2, 0.25) is 5.91 Å². The molecule has 4 heteroatoms. The average Bonchev–Trinajstić information content (AvgIpc) is 2.34. The van der Waals surface area contributed by atoms with E-state index in [-0.39, 0.29) is 23.9 Å². The highest BCUT2D eigenvalue weighted by molar-refractivity contribution is 6.22. The van der Waals surface area contributed by atoms with Gasteiger partial charge in [0.15, 0.2) is 0 Å². The summed E-state index contributed by atoms with van der Waals surface area (Å²) in [6, 6.07) is -0.0405. The molecule has 1 amide bonds. The molecule has 0 aromatic heterocycles. The molecule has 0 spiro atoms. The maximum atomic E-state index is 11.3. The van der Waals surface area contributed by atoms with Crippen molar-refractivity contribution in [1.29, 1.82) is 0 Å². The molecule has 0 saturated carbocycles. The highest BCUT2D eigenvalue weighted by Gasteiger charge is 2.31. The number of carbonyl (C=O) groups is 1. The molecule has 0 aromatic rings. The number of carbonyl (C=O) groups excluding carboxylic acids is 1. The minimum absolute atomic E-state index is 0.0336. The van der Waals surface area contributed by atoms with Crippen LogP contribution in [0.1, 0.15) is 19.8 Å². The molecule has 1 rings (SSSR count). The van der Waals surface area contributed by atoms with E-state index in [4.69, 9.17) is 16.7 Å². The Morgan fingerprint density at radius 1 is 1.83 bits per heavy atom. The smallest absolute Gasteiger partial charge is 0.224 e. The highest BCUT2D eigenvalue weighted by Crippen LogP contribution is 2.19. The van der Waals surface area contributed by atoms with E-state index in [2.05, 4.69) is 0 Å². The lowest BCUT2D eigenvalue weighted by atomic mass is 10.2. The van der Waals surface area contributed by atoms with Crippen LogP contribution in [0.4, 0.5) is 0 Å². The third-order valence-electron chi connectivity index (χ3n) is 2.23. The van der Waals surface area contributed by atoms with Gasteiger partial charge in [0.25, 0.3) is 0 Å². The van der Waals surface area contributed by atoms with Gasteiger partial charge < -0.3 is 10.0 Å². The topological polar surface area (TPSA) is 40.5 Å². The Morgan fingerprint density at radius 3 is 2.83 bits per heavy atom. The van der Waals surface area contributed by atoms with Crippen molar-refractivity contribution >= 4 is 17.5 Å². The number of hydrogen-bond acceptors (Lipinski definition) is 2. The monoisotopic (exact) mass is 191 g/mol. The molecule has 0 radical (unpaired) electrons. The largest absolute Gasteiger partial charge is 0.394 e. The van der Waals surface area contributed by atoms with Crippen LogP contribution in [0, 0.1) is 0 Å². The first kappa shape index (κ1) is 9.81. The first-order valence-corrected chi connectivity index (χ1v) is 4.67. The van der Waals surface area contributed by atoms with Gasteiger partial charge in [-0.3, -0.25) is 4.79 Å². The molecule has 0 aliphatic carbocycles. The highest BCUT2D eigenvalue weighted by atomic mass is 35.5. The number of likely N-dealkylation sites (tertiary alicyclic amines) is 1. The Balaban J connectivity index is 2.56. The van der Waals surface area contributed by atoms with Gasteiger partial charge in [-0.2, -0.15) is 0 Å². The van der Waals surface area contributed by atoms with Crippen LogP contribution in [0.2, 0.25) is 0 Å². The summed E-state index contributed by atoms with van der Waals surface area (Å²) < 4.78 is 0. The van der Waals surface area contributed by atoms with E-state index in [1.165, 1.54) is 0 Å². The maximum Gasteiger partial charge on any atom is 0.224 e. The van der Waals surface area contributed by atoms with E-state index in [9.17, 15) is 4.79 Å². The van der Waals surface area contributed by atoms with E-state index in [0.29, 0.717) is 13.0 Å². The first-order chi connectivity index (χ1) is 5.69. The average molecular weight is 192 g/mol. The van der Waals surface area contributed by atoms with Crippen LogP contribution < -0.4 is 0 Å². The number of nitrogens with zero attached hydrogens (tertiary/aromatic N) is 1. The zero-order valence-electron chi connectivity index (χ0n) is 7.16. The lowest BCUT2D eigenvalue weighted by Gasteiger charge is -2.24. The van der Waals surface area contributed by atoms with Gasteiger partial charge in [0.1, 0.15) is 0 Å². The van der Waals surface area contributed by atoms with Gasteiger partial charge in [0.05, 0.1) is 18.0 Å². The summed E-state index contributed by atoms with van der Waals surface area (Å²) in [5.41, 5.74) is 0. The van der Waals surface area contributed by atoms with E-state index in [1.54, 1.807) is 4.90 Å². The predicted octanol–water partition coefficient (Wildman–Crippen LogP) is 0.597. The van der Waals surface area contributed by atoms with Gasteiger partial charge in [-0.25, -0.2) is 0 Å². The lowest BCUT2D eigenvalue weighted by Crippen LogP contribution is -2.38. The second kappa shape index (κ2) is 4.10. The molecule has 1 fully saturated rings. The van der Waals surface area contributed by atoms with Crippen LogP contribution in [-0.4, -0.2) is 40.5 Å². The van der Waals surface area contributed by atoms with Gasteiger partial charge in [-0.15, -0.1) is 11.6 Å². The van der Waals surface area contributed by atoms with Crippen molar-refractivity contribution in [2.45, 2.75) is 31.2 Å². The predicted molar refractivity (Wildman–Crippen MR) is 47.1 cm³/mol. The molecule has 70 valence electrons. The molecular formula is C8H14ClNO2. The van der Waals surface area contributed by atoms with Gasteiger partial charge in [-0.05, 0) is 6.42 Å².